The third-order valence-electron chi connectivity index (χ3n) is 2.10. The molecular formula is C9H5F9O4. The molecule has 0 rings (SSSR count). The van der Waals surface area contributed by atoms with Gasteiger partial charge in [0.1, 0.15) is 0 Å². The molecule has 0 spiro atoms. The monoisotopic (exact) mass is 348 g/mol. The van der Waals surface area contributed by atoms with E-state index in [2.05, 4.69) is 11.3 Å². The summed E-state index contributed by atoms with van der Waals surface area (Å²) in [6, 6.07) is 0. The Bertz CT molecular complexity index is 435. The minimum absolute atomic E-state index is 1.51. The zero-order valence-corrected chi connectivity index (χ0v) is 9.99. The lowest BCUT2D eigenvalue weighted by Gasteiger charge is -2.37. The molecule has 22 heavy (non-hydrogen) atoms. The van der Waals surface area contributed by atoms with Crippen molar-refractivity contribution >= 4 is 11.9 Å². The molecule has 0 saturated heterocycles. The van der Waals surface area contributed by atoms with E-state index in [0.29, 0.717) is 0 Å². The Morgan fingerprint density at radius 3 is 1.41 bits per heavy atom. The highest BCUT2D eigenvalue weighted by Gasteiger charge is 2.87. The molecule has 0 atom stereocenters. The van der Waals surface area contributed by atoms with Crippen molar-refractivity contribution in [1.82, 2.24) is 0 Å². The van der Waals surface area contributed by atoms with Gasteiger partial charge in [0.15, 0.2) is 0 Å². The standard InChI is InChI=1S/C9H5F9O4/c1-3(2-4(19)20)5(21)22-6(7(10,11)12,8(13,14)15)9(16,17)18/h1-2H2,(H,19,20). The Hall–Kier alpha value is -1.95. The molecule has 1 N–H and O–H groups in total. The van der Waals surface area contributed by atoms with Gasteiger partial charge in [0.05, 0.1) is 6.42 Å². The van der Waals surface area contributed by atoms with E-state index in [1.807, 2.05) is 0 Å². The molecule has 0 saturated carbocycles. The molecule has 0 radical (unpaired) electrons. The molecule has 4 nitrogen and oxygen atoms in total. The number of carbonyl (C=O) groups excluding carboxylic acids is 1. The second-order valence-corrected chi connectivity index (χ2v) is 3.74. The molecule has 0 aliphatic rings. The number of hydrogen-bond acceptors (Lipinski definition) is 3. The third kappa shape index (κ3) is 3.62. The van der Waals surface area contributed by atoms with Gasteiger partial charge in [-0.05, 0) is 0 Å². The van der Waals surface area contributed by atoms with E-state index >= 15 is 0 Å². The Morgan fingerprint density at radius 2 is 1.18 bits per heavy atom. The summed E-state index contributed by atoms with van der Waals surface area (Å²) < 4.78 is 114. The average molecular weight is 348 g/mol. The number of halogens is 9. The molecule has 0 aliphatic carbocycles. The maximum absolute atomic E-state index is 12.4. The Morgan fingerprint density at radius 1 is 0.864 bits per heavy atom. The lowest BCUT2D eigenvalue weighted by Crippen LogP contribution is -2.68. The number of carboxylic acid groups (broad SMARTS) is 1. The zero-order valence-electron chi connectivity index (χ0n) is 9.99. The zero-order chi connectivity index (χ0) is 18.1. The molecule has 0 heterocycles. The van der Waals surface area contributed by atoms with Crippen molar-refractivity contribution < 1.29 is 58.9 Å². The first-order valence-corrected chi connectivity index (χ1v) is 4.80. The van der Waals surface area contributed by atoms with Gasteiger partial charge in [-0.25, -0.2) is 4.79 Å². The topological polar surface area (TPSA) is 63.6 Å². The summed E-state index contributed by atoms with van der Waals surface area (Å²) in [5.41, 5.74) is -8.33. The highest BCUT2D eigenvalue weighted by atomic mass is 19.4. The fraction of sp³-hybridized carbons (Fsp3) is 0.556. The molecule has 0 amide bonds. The van der Waals surface area contributed by atoms with Crippen LogP contribution in [-0.2, 0) is 14.3 Å². The number of rotatable bonds is 4. The highest BCUT2D eigenvalue weighted by Crippen LogP contribution is 2.55. The van der Waals surface area contributed by atoms with E-state index in [0.717, 1.165) is 0 Å². The van der Waals surface area contributed by atoms with Crippen LogP contribution in [0.1, 0.15) is 6.42 Å². The van der Waals surface area contributed by atoms with Gasteiger partial charge in [0, 0.05) is 5.57 Å². The van der Waals surface area contributed by atoms with E-state index in [1.165, 1.54) is 0 Å². The second kappa shape index (κ2) is 5.68. The van der Waals surface area contributed by atoms with E-state index in [1.54, 1.807) is 0 Å². The fourth-order valence-corrected chi connectivity index (χ4v) is 1.12. The minimum Gasteiger partial charge on any atom is -0.481 e. The van der Waals surface area contributed by atoms with Crippen LogP contribution in [0.15, 0.2) is 12.2 Å². The third-order valence-corrected chi connectivity index (χ3v) is 2.10. The SMILES string of the molecule is C=C(CC(=O)O)C(=O)OC(C(F)(F)F)(C(F)(F)F)C(F)(F)F. The summed E-state index contributed by atoms with van der Waals surface area (Å²) in [4.78, 5) is 21.1. The van der Waals surface area contributed by atoms with Gasteiger partial charge in [0.2, 0.25) is 0 Å². The molecule has 0 aromatic heterocycles. The Balaban J connectivity index is 5.98. The number of esters is 1. The van der Waals surface area contributed by atoms with Crippen molar-refractivity contribution in [1.29, 1.82) is 0 Å². The predicted molar refractivity (Wildman–Crippen MR) is 48.4 cm³/mol. The average Bonchev–Trinajstić information content (AvgIpc) is 2.18. The first-order chi connectivity index (χ1) is 9.47. The largest absolute Gasteiger partial charge is 0.481 e. The maximum Gasteiger partial charge on any atom is 0.447 e. The molecule has 0 aromatic carbocycles. The van der Waals surface area contributed by atoms with Crippen LogP contribution in [0.2, 0.25) is 0 Å². The van der Waals surface area contributed by atoms with Crippen LogP contribution < -0.4 is 0 Å². The lowest BCUT2D eigenvalue weighted by molar-refractivity contribution is -0.445. The first-order valence-electron chi connectivity index (χ1n) is 4.80. The second-order valence-electron chi connectivity index (χ2n) is 3.74. The first kappa shape index (κ1) is 20.1. The van der Waals surface area contributed by atoms with Crippen molar-refractivity contribution in [3.63, 3.8) is 0 Å². The number of hydrogen-bond donors (Lipinski definition) is 1. The summed E-state index contributed by atoms with van der Waals surface area (Å²) in [6.07, 6.45) is -22.8. The van der Waals surface area contributed by atoms with Gasteiger partial charge in [-0.2, -0.15) is 39.5 Å². The van der Waals surface area contributed by atoms with Gasteiger partial charge in [0.25, 0.3) is 0 Å². The van der Waals surface area contributed by atoms with Crippen molar-refractivity contribution in [3.05, 3.63) is 12.2 Å². The normalized spacial score (nSPS) is 13.7. The van der Waals surface area contributed by atoms with Crippen LogP contribution in [0.3, 0.4) is 0 Å². The van der Waals surface area contributed by atoms with Gasteiger partial charge in [-0.3, -0.25) is 4.79 Å². The van der Waals surface area contributed by atoms with Crippen molar-refractivity contribution in [3.8, 4) is 0 Å². The molecular weight excluding hydrogens is 343 g/mol. The van der Waals surface area contributed by atoms with Gasteiger partial charge in [-0.15, -0.1) is 0 Å². The number of alkyl halides is 9. The summed E-state index contributed by atoms with van der Waals surface area (Å²) in [6.45, 7) is 2.47. The van der Waals surface area contributed by atoms with Crippen LogP contribution in [0, 0.1) is 0 Å². The minimum atomic E-state index is -7.09. The van der Waals surface area contributed by atoms with E-state index in [4.69, 9.17) is 5.11 Å². The Labute approximate surface area is 115 Å². The number of aliphatic carboxylic acids is 1. The van der Waals surface area contributed by atoms with Crippen molar-refractivity contribution in [2.45, 2.75) is 30.6 Å². The van der Waals surface area contributed by atoms with E-state index < -0.39 is 48.1 Å². The molecule has 0 bridgehead atoms. The smallest absolute Gasteiger partial charge is 0.447 e. The Kier molecular flexibility index (Phi) is 5.18. The van der Waals surface area contributed by atoms with E-state index in [9.17, 15) is 49.1 Å². The van der Waals surface area contributed by atoms with Crippen molar-refractivity contribution in [2.24, 2.45) is 0 Å². The van der Waals surface area contributed by atoms with Crippen LogP contribution in [0.25, 0.3) is 0 Å². The predicted octanol–water partition coefficient (Wildman–Crippen LogP) is 2.99. The lowest BCUT2D eigenvalue weighted by atomic mass is 10.0. The maximum atomic E-state index is 12.4. The fourth-order valence-electron chi connectivity index (χ4n) is 1.12. The number of carboxylic acids is 1. The van der Waals surface area contributed by atoms with Crippen LogP contribution >= 0.6 is 0 Å². The summed E-state index contributed by atoms with van der Waals surface area (Å²) in [5, 5.41) is 8.18. The van der Waals surface area contributed by atoms with Gasteiger partial charge in [-0.1, -0.05) is 6.58 Å². The number of carbonyl (C=O) groups is 2. The van der Waals surface area contributed by atoms with Crippen LogP contribution in [0.4, 0.5) is 39.5 Å². The van der Waals surface area contributed by atoms with Crippen LogP contribution in [0.5, 0.6) is 0 Å². The summed E-state index contributed by atoms with van der Waals surface area (Å²) >= 11 is 0. The summed E-state index contributed by atoms with van der Waals surface area (Å²) in [7, 11) is 0. The molecule has 128 valence electrons. The van der Waals surface area contributed by atoms with Crippen molar-refractivity contribution in [2.75, 3.05) is 0 Å². The molecule has 0 unspecified atom stereocenters. The van der Waals surface area contributed by atoms with Crippen LogP contribution in [-0.4, -0.2) is 41.2 Å². The number of ether oxygens (including phenoxy) is 1. The van der Waals surface area contributed by atoms with Gasteiger partial charge < -0.3 is 9.84 Å². The summed E-state index contributed by atoms with van der Waals surface area (Å²) in [5.74, 6) is -4.73. The molecule has 0 fully saturated rings. The quantitative estimate of drug-likeness (QED) is 0.482. The molecule has 13 heteroatoms. The highest BCUT2D eigenvalue weighted by molar-refractivity contribution is 5.93. The van der Waals surface area contributed by atoms with E-state index in [-0.39, 0.29) is 0 Å². The molecule has 0 aromatic rings. The van der Waals surface area contributed by atoms with Gasteiger partial charge >= 0.3 is 36.1 Å². The molecule has 0 aliphatic heterocycles.